The van der Waals surface area contributed by atoms with Crippen molar-refractivity contribution in [1.29, 1.82) is 0 Å². The molecule has 3 heterocycles. The van der Waals surface area contributed by atoms with E-state index >= 15 is 0 Å². The van der Waals surface area contributed by atoms with Gasteiger partial charge in [0.15, 0.2) is 0 Å². The molecule has 0 spiro atoms. The van der Waals surface area contributed by atoms with Gasteiger partial charge < -0.3 is 15.0 Å². The molecule has 0 radical (unpaired) electrons. The third-order valence-corrected chi connectivity index (χ3v) is 4.22. The number of aromatic nitrogens is 1. The zero-order valence-electron chi connectivity index (χ0n) is 14.7. The van der Waals surface area contributed by atoms with Crippen LogP contribution in [0.3, 0.4) is 0 Å². The van der Waals surface area contributed by atoms with Crippen LogP contribution in [-0.4, -0.2) is 59.9 Å². The maximum absolute atomic E-state index is 12.3. The van der Waals surface area contributed by atoms with Gasteiger partial charge in [0.2, 0.25) is 5.91 Å². The van der Waals surface area contributed by atoms with E-state index in [1.165, 1.54) is 5.01 Å². The van der Waals surface area contributed by atoms with Crippen molar-refractivity contribution in [3.8, 4) is 0 Å². The van der Waals surface area contributed by atoms with Crippen molar-refractivity contribution < 1.29 is 14.3 Å². The summed E-state index contributed by atoms with van der Waals surface area (Å²) in [5, 5.41) is 8.00. The quantitative estimate of drug-likeness (QED) is 0.891. The van der Waals surface area contributed by atoms with Crippen LogP contribution >= 0.6 is 0 Å². The molecule has 8 heteroatoms. The number of carbonyl (C=O) groups is 2. The van der Waals surface area contributed by atoms with Crippen LogP contribution in [0.1, 0.15) is 26.7 Å². The summed E-state index contributed by atoms with van der Waals surface area (Å²) in [6.45, 7) is 5.67. The summed E-state index contributed by atoms with van der Waals surface area (Å²) in [7, 11) is 1.55. The predicted molar refractivity (Wildman–Crippen MR) is 94.5 cm³/mol. The molecule has 2 aliphatic heterocycles. The molecule has 134 valence electrons. The first-order valence-electron chi connectivity index (χ1n) is 8.44. The Kier molecular flexibility index (Phi) is 4.98. The van der Waals surface area contributed by atoms with Crippen LogP contribution in [0, 0.1) is 0 Å². The lowest BCUT2D eigenvalue weighted by atomic mass is 10.1. The summed E-state index contributed by atoms with van der Waals surface area (Å²) < 4.78 is 5.73. The fraction of sp³-hybridized carbons (Fsp3) is 0.529. The number of morpholine rings is 1. The van der Waals surface area contributed by atoms with Crippen molar-refractivity contribution in [1.82, 2.24) is 9.99 Å². The predicted octanol–water partition coefficient (Wildman–Crippen LogP) is 1.24. The normalized spacial score (nSPS) is 24.1. The van der Waals surface area contributed by atoms with E-state index in [9.17, 15) is 9.59 Å². The molecule has 1 aromatic heterocycles. The number of nitrogens with one attached hydrogen (secondary N) is 1. The van der Waals surface area contributed by atoms with Crippen LogP contribution in [0.15, 0.2) is 23.4 Å². The second kappa shape index (κ2) is 7.18. The SMILES string of the molecule is CC1CN(c2ccc(NC(=O)C3=NN(C)C(=O)CC3)cn2)CC(C)O1. The summed E-state index contributed by atoms with van der Waals surface area (Å²) >= 11 is 0. The van der Waals surface area contributed by atoms with E-state index in [4.69, 9.17) is 4.74 Å². The number of ether oxygens (including phenoxy) is 1. The van der Waals surface area contributed by atoms with E-state index in [1.807, 2.05) is 26.0 Å². The van der Waals surface area contributed by atoms with E-state index in [1.54, 1.807) is 13.2 Å². The highest BCUT2D eigenvalue weighted by Gasteiger charge is 2.24. The largest absolute Gasteiger partial charge is 0.372 e. The summed E-state index contributed by atoms with van der Waals surface area (Å²) in [6, 6.07) is 3.71. The minimum atomic E-state index is -0.303. The first kappa shape index (κ1) is 17.3. The molecule has 2 atom stereocenters. The van der Waals surface area contributed by atoms with Gasteiger partial charge >= 0.3 is 0 Å². The maximum Gasteiger partial charge on any atom is 0.271 e. The molecule has 1 aromatic rings. The number of hydrazone groups is 1. The number of nitrogens with zero attached hydrogens (tertiary/aromatic N) is 4. The molecule has 2 aliphatic rings. The smallest absolute Gasteiger partial charge is 0.271 e. The van der Waals surface area contributed by atoms with Crippen molar-refractivity contribution >= 4 is 29.0 Å². The average Bonchev–Trinajstić information content (AvgIpc) is 2.57. The standard InChI is InChI=1S/C17H23N5O3/c1-11-9-22(10-12(2)25-11)15-6-4-13(8-18-15)19-17(24)14-5-7-16(23)21(3)20-14/h4,6,8,11-12H,5,7,9-10H2,1-3H3,(H,19,24). The summed E-state index contributed by atoms with van der Waals surface area (Å²) in [4.78, 5) is 30.3. The Hall–Kier alpha value is -2.48. The van der Waals surface area contributed by atoms with Crippen molar-refractivity contribution in [2.45, 2.75) is 38.9 Å². The molecule has 25 heavy (non-hydrogen) atoms. The third kappa shape index (κ3) is 4.14. The van der Waals surface area contributed by atoms with E-state index < -0.39 is 0 Å². The van der Waals surface area contributed by atoms with Crippen LogP contribution in [0.4, 0.5) is 11.5 Å². The van der Waals surface area contributed by atoms with Crippen LogP contribution in [0.25, 0.3) is 0 Å². The fourth-order valence-corrected chi connectivity index (χ4v) is 3.05. The molecule has 8 nitrogen and oxygen atoms in total. The van der Waals surface area contributed by atoms with Gasteiger partial charge in [-0.25, -0.2) is 9.99 Å². The molecule has 0 aromatic carbocycles. The Labute approximate surface area is 146 Å². The zero-order chi connectivity index (χ0) is 18.0. The van der Waals surface area contributed by atoms with E-state index in [-0.39, 0.29) is 24.0 Å². The Balaban J connectivity index is 1.64. The Morgan fingerprint density at radius 1 is 1.24 bits per heavy atom. The maximum atomic E-state index is 12.3. The molecule has 1 fully saturated rings. The van der Waals surface area contributed by atoms with Gasteiger partial charge in [0.05, 0.1) is 24.1 Å². The monoisotopic (exact) mass is 345 g/mol. The highest BCUT2D eigenvalue weighted by Crippen LogP contribution is 2.20. The number of pyridine rings is 1. The number of hydrogen-bond donors (Lipinski definition) is 1. The van der Waals surface area contributed by atoms with Gasteiger partial charge in [-0.15, -0.1) is 0 Å². The van der Waals surface area contributed by atoms with Crippen molar-refractivity contribution in [2.75, 3.05) is 30.4 Å². The first-order chi connectivity index (χ1) is 11.9. The minimum absolute atomic E-state index is 0.0865. The number of hydrogen-bond acceptors (Lipinski definition) is 6. The Morgan fingerprint density at radius 2 is 1.96 bits per heavy atom. The number of carbonyl (C=O) groups excluding carboxylic acids is 2. The molecule has 1 saturated heterocycles. The lowest BCUT2D eigenvalue weighted by molar-refractivity contribution is -0.130. The molecule has 3 rings (SSSR count). The molecule has 2 amide bonds. The summed E-state index contributed by atoms with van der Waals surface area (Å²) in [5.74, 6) is 0.472. The van der Waals surface area contributed by atoms with Gasteiger partial charge in [-0.3, -0.25) is 9.59 Å². The van der Waals surface area contributed by atoms with Gasteiger partial charge in [-0.2, -0.15) is 5.10 Å². The van der Waals surface area contributed by atoms with Crippen LogP contribution in [0.5, 0.6) is 0 Å². The topological polar surface area (TPSA) is 87.1 Å². The highest BCUT2D eigenvalue weighted by molar-refractivity contribution is 6.43. The third-order valence-electron chi connectivity index (χ3n) is 4.22. The molecule has 0 bridgehead atoms. The number of rotatable bonds is 3. The molecule has 2 unspecified atom stereocenters. The van der Waals surface area contributed by atoms with E-state index in [0.29, 0.717) is 24.2 Å². The fourth-order valence-electron chi connectivity index (χ4n) is 3.05. The number of amides is 2. The van der Waals surface area contributed by atoms with E-state index in [0.717, 1.165) is 18.9 Å². The Morgan fingerprint density at radius 3 is 2.56 bits per heavy atom. The van der Waals surface area contributed by atoms with Gasteiger partial charge in [-0.1, -0.05) is 0 Å². The number of anilines is 2. The lowest BCUT2D eigenvalue weighted by Gasteiger charge is -2.36. The molecule has 1 N–H and O–H groups in total. The average molecular weight is 345 g/mol. The van der Waals surface area contributed by atoms with Crippen LogP contribution in [0.2, 0.25) is 0 Å². The van der Waals surface area contributed by atoms with Gasteiger partial charge in [0, 0.05) is 33.0 Å². The minimum Gasteiger partial charge on any atom is -0.372 e. The second-order valence-corrected chi connectivity index (χ2v) is 6.49. The van der Waals surface area contributed by atoms with Crippen LogP contribution in [-0.2, 0) is 14.3 Å². The molecular formula is C17H23N5O3. The molecule has 0 aliphatic carbocycles. The van der Waals surface area contributed by atoms with Crippen molar-refractivity contribution in [3.05, 3.63) is 18.3 Å². The first-order valence-corrected chi connectivity index (χ1v) is 8.44. The van der Waals surface area contributed by atoms with Crippen LogP contribution < -0.4 is 10.2 Å². The van der Waals surface area contributed by atoms with Crippen molar-refractivity contribution in [3.63, 3.8) is 0 Å². The zero-order valence-corrected chi connectivity index (χ0v) is 14.7. The Bertz CT molecular complexity index is 678. The van der Waals surface area contributed by atoms with Gasteiger partial charge in [0.1, 0.15) is 11.5 Å². The summed E-state index contributed by atoms with van der Waals surface area (Å²) in [5.41, 5.74) is 0.951. The van der Waals surface area contributed by atoms with Gasteiger partial charge in [-0.05, 0) is 26.0 Å². The highest BCUT2D eigenvalue weighted by atomic mass is 16.5. The van der Waals surface area contributed by atoms with Gasteiger partial charge in [0.25, 0.3) is 5.91 Å². The van der Waals surface area contributed by atoms with Crippen molar-refractivity contribution in [2.24, 2.45) is 5.10 Å². The summed E-state index contributed by atoms with van der Waals surface area (Å²) in [6.07, 6.45) is 2.61. The molecular weight excluding hydrogens is 322 g/mol. The molecule has 0 saturated carbocycles. The second-order valence-electron chi connectivity index (χ2n) is 6.49. The van der Waals surface area contributed by atoms with E-state index in [2.05, 4.69) is 20.3 Å². The lowest BCUT2D eigenvalue weighted by Crippen LogP contribution is -2.45.